The van der Waals surface area contributed by atoms with Crippen LogP contribution in [0.5, 0.6) is 0 Å². The summed E-state index contributed by atoms with van der Waals surface area (Å²) < 4.78 is 28.6. The standard InChI is InChI=1S/C26H28ClN3O3S/c1-19-8-9-22(16-20(19)2)28-34(32,33)23-10-11-25(27)24(17-23)26(31)30-14-12-29(13-15-30)18-21-6-4-3-5-7-21/h3-11,16-17,28H,12-15,18H2,1-2H3. The van der Waals surface area contributed by atoms with Gasteiger partial charge in [-0.05, 0) is 60.9 Å². The van der Waals surface area contributed by atoms with Crippen LogP contribution in [0.4, 0.5) is 5.69 Å². The van der Waals surface area contributed by atoms with E-state index in [-0.39, 0.29) is 21.4 Å². The highest BCUT2D eigenvalue weighted by atomic mass is 35.5. The van der Waals surface area contributed by atoms with Crippen LogP contribution in [0.25, 0.3) is 0 Å². The van der Waals surface area contributed by atoms with Crippen LogP contribution in [0.2, 0.25) is 5.02 Å². The SMILES string of the molecule is Cc1ccc(NS(=O)(=O)c2ccc(Cl)c(C(=O)N3CCN(Cc4ccccc4)CC3)c2)cc1C. The average Bonchev–Trinajstić information content (AvgIpc) is 2.82. The van der Waals surface area contributed by atoms with Crippen LogP contribution < -0.4 is 4.72 Å². The Labute approximate surface area is 206 Å². The summed E-state index contributed by atoms with van der Waals surface area (Å²) in [6, 6.07) is 19.8. The third-order valence-corrected chi connectivity index (χ3v) is 7.85. The number of halogens is 1. The fourth-order valence-corrected chi connectivity index (χ4v) is 5.25. The first-order chi connectivity index (χ1) is 16.2. The average molecular weight is 498 g/mol. The van der Waals surface area contributed by atoms with Crippen molar-refractivity contribution in [3.63, 3.8) is 0 Å². The topological polar surface area (TPSA) is 69.7 Å². The van der Waals surface area contributed by atoms with E-state index >= 15 is 0 Å². The van der Waals surface area contributed by atoms with Gasteiger partial charge in [0.2, 0.25) is 0 Å². The molecular weight excluding hydrogens is 470 g/mol. The first-order valence-corrected chi connectivity index (χ1v) is 13.0. The van der Waals surface area contributed by atoms with Crippen molar-refractivity contribution in [2.75, 3.05) is 30.9 Å². The van der Waals surface area contributed by atoms with E-state index in [1.54, 1.807) is 17.0 Å². The van der Waals surface area contributed by atoms with Gasteiger partial charge in [-0.3, -0.25) is 14.4 Å². The molecule has 4 rings (SSSR count). The molecule has 1 saturated heterocycles. The monoisotopic (exact) mass is 497 g/mol. The first kappa shape index (κ1) is 24.3. The van der Waals surface area contributed by atoms with E-state index in [4.69, 9.17) is 11.6 Å². The van der Waals surface area contributed by atoms with Crippen LogP contribution in [0.3, 0.4) is 0 Å². The number of sulfonamides is 1. The number of benzene rings is 3. The van der Waals surface area contributed by atoms with Gasteiger partial charge in [-0.1, -0.05) is 48.0 Å². The predicted molar refractivity (Wildman–Crippen MR) is 136 cm³/mol. The van der Waals surface area contributed by atoms with Gasteiger partial charge in [0.25, 0.3) is 15.9 Å². The molecule has 0 bridgehead atoms. The fourth-order valence-electron chi connectivity index (χ4n) is 3.98. The maximum Gasteiger partial charge on any atom is 0.261 e. The molecule has 1 amide bonds. The Morgan fingerprint density at radius 1 is 0.912 bits per heavy atom. The lowest BCUT2D eigenvalue weighted by molar-refractivity contribution is 0.0628. The minimum atomic E-state index is -3.88. The molecule has 1 aliphatic heterocycles. The second-order valence-corrected chi connectivity index (χ2v) is 10.7. The molecule has 0 radical (unpaired) electrons. The minimum absolute atomic E-state index is 0.00110. The molecule has 0 spiro atoms. The highest BCUT2D eigenvalue weighted by molar-refractivity contribution is 7.92. The van der Waals surface area contributed by atoms with E-state index in [9.17, 15) is 13.2 Å². The molecule has 0 saturated carbocycles. The third-order valence-electron chi connectivity index (χ3n) is 6.15. The Morgan fingerprint density at radius 2 is 1.62 bits per heavy atom. The van der Waals surface area contributed by atoms with Gasteiger partial charge in [-0.25, -0.2) is 8.42 Å². The zero-order chi connectivity index (χ0) is 24.3. The number of aryl methyl sites for hydroxylation is 2. The van der Waals surface area contributed by atoms with Crippen LogP contribution in [-0.2, 0) is 16.6 Å². The van der Waals surface area contributed by atoms with Gasteiger partial charge in [0.1, 0.15) is 0 Å². The molecule has 1 aliphatic rings. The normalized spacial score (nSPS) is 14.7. The molecule has 1 fully saturated rings. The molecule has 1 heterocycles. The van der Waals surface area contributed by atoms with E-state index < -0.39 is 10.0 Å². The number of carbonyl (C=O) groups excluding carboxylic acids is 1. The highest BCUT2D eigenvalue weighted by Crippen LogP contribution is 2.25. The molecular formula is C26H28ClN3O3S. The molecule has 6 nitrogen and oxygen atoms in total. The lowest BCUT2D eigenvalue weighted by Crippen LogP contribution is -2.48. The van der Waals surface area contributed by atoms with Crippen molar-refractivity contribution in [1.29, 1.82) is 0 Å². The maximum atomic E-state index is 13.2. The van der Waals surface area contributed by atoms with Gasteiger partial charge in [-0.15, -0.1) is 0 Å². The number of piperazine rings is 1. The molecule has 0 aliphatic carbocycles. The highest BCUT2D eigenvalue weighted by Gasteiger charge is 2.25. The van der Waals surface area contributed by atoms with E-state index in [1.807, 2.05) is 38.1 Å². The molecule has 3 aromatic carbocycles. The minimum Gasteiger partial charge on any atom is -0.336 e. The van der Waals surface area contributed by atoms with Gasteiger partial charge in [0, 0.05) is 38.4 Å². The number of hydrogen-bond acceptors (Lipinski definition) is 4. The Balaban J connectivity index is 1.46. The van der Waals surface area contributed by atoms with E-state index in [1.165, 1.54) is 23.8 Å². The molecule has 3 aromatic rings. The van der Waals surface area contributed by atoms with Gasteiger partial charge in [-0.2, -0.15) is 0 Å². The van der Waals surface area contributed by atoms with Gasteiger partial charge >= 0.3 is 0 Å². The summed E-state index contributed by atoms with van der Waals surface area (Å²) in [7, 11) is -3.88. The number of amides is 1. The number of hydrogen-bond donors (Lipinski definition) is 1. The van der Waals surface area contributed by atoms with E-state index in [0.29, 0.717) is 18.8 Å². The molecule has 178 valence electrons. The summed E-state index contributed by atoms with van der Waals surface area (Å²) in [5.74, 6) is -0.257. The Bertz CT molecular complexity index is 1290. The van der Waals surface area contributed by atoms with Crippen molar-refractivity contribution in [3.05, 3.63) is 94.0 Å². The van der Waals surface area contributed by atoms with Crippen molar-refractivity contribution in [1.82, 2.24) is 9.80 Å². The van der Waals surface area contributed by atoms with Crippen LogP contribution in [0, 0.1) is 13.8 Å². The molecule has 1 N–H and O–H groups in total. The van der Waals surface area contributed by atoms with Crippen molar-refractivity contribution >= 4 is 33.2 Å². The maximum absolute atomic E-state index is 13.2. The Kier molecular flexibility index (Phi) is 7.26. The molecule has 34 heavy (non-hydrogen) atoms. The lowest BCUT2D eigenvalue weighted by atomic mass is 10.1. The first-order valence-electron chi connectivity index (χ1n) is 11.2. The summed E-state index contributed by atoms with van der Waals surface area (Å²) in [5.41, 5.74) is 3.96. The summed E-state index contributed by atoms with van der Waals surface area (Å²) in [6.07, 6.45) is 0. The van der Waals surface area contributed by atoms with Gasteiger partial charge in [0.15, 0.2) is 0 Å². The molecule has 0 aromatic heterocycles. The zero-order valence-electron chi connectivity index (χ0n) is 19.3. The number of rotatable bonds is 6. The number of nitrogens with zero attached hydrogens (tertiary/aromatic N) is 2. The zero-order valence-corrected chi connectivity index (χ0v) is 20.9. The van der Waals surface area contributed by atoms with Crippen LogP contribution >= 0.6 is 11.6 Å². The summed E-state index contributed by atoms with van der Waals surface area (Å²) in [6.45, 7) is 7.31. The van der Waals surface area contributed by atoms with Gasteiger partial charge < -0.3 is 4.90 Å². The fraction of sp³-hybridized carbons (Fsp3) is 0.269. The number of anilines is 1. The smallest absolute Gasteiger partial charge is 0.261 e. The molecule has 8 heteroatoms. The predicted octanol–water partition coefficient (Wildman–Crippen LogP) is 4.72. The third kappa shape index (κ3) is 5.60. The van der Waals surface area contributed by atoms with E-state index in [0.717, 1.165) is 30.8 Å². The van der Waals surface area contributed by atoms with Crippen molar-refractivity contribution < 1.29 is 13.2 Å². The second kappa shape index (κ2) is 10.2. The Morgan fingerprint density at radius 3 is 2.29 bits per heavy atom. The largest absolute Gasteiger partial charge is 0.336 e. The van der Waals surface area contributed by atoms with E-state index in [2.05, 4.69) is 21.8 Å². The van der Waals surface area contributed by atoms with Crippen LogP contribution in [0.1, 0.15) is 27.0 Å². The molecule has 0 atom stereocenters. The van der Waals surface area contributed by atoms with Crippen molar-refractivity contribution in [3.8, 4) is 0 Å². The van der Waals surface area contributed by atoms with Gasteiger partial charge in [0.05, 0.1) is 15.5 Å². The summed E-state index contributed by atoms with van der Waals surface area (Å²) in [5, 5.41) is 0.238. The number of nitrogens with one attached hydrogen (secondary N) is 1. The molecule has 0 unspecified atom stereocenters. The van der Waals surface area contributed by atoms with Crippen LogP contribution in [0.15, 0.2) is 71.6 Å². The summed E-state index contributed by atoms with van der Waals surface area (Å²) in [4.78, 5) is 17.2. The lowest BCUT2D eigenvalue weighted by Gasteiger charge is -2.35. The quantitative estimate of drug-likeness (QED) is 0.535. The van der Waals surface area contributed by atoms with Crippen molar-refractivity contribution in [2.45, 2.75) is 25.3 Å². The Hall–Kier alpha value is -2.87. The van der Waals surface area contributed by atoms with Crippen molar-refractivity contribution in [2.24, 2.45) is 0 Å². The number of carbonyl (C=O) groups is 1. The summed E-state index contributed by atoms with van der Waals surface area (Å²) >= 11 is 6.32. The second-order valence-electron chi connectivity index (χ2n) is 8.60. The van der Waals surface area contributed by atoms with Crippen LogP contribution in [-0.4, -0.2) is 50.3 Å².